The number of benzene rings is 1. The van der Waals surface area contributed by atoms with Crippen LogP contribution in [0.25, 0.3) is 0 Å². The number of carbonyl (C=O) groups excluding carboxylic acids is 1. The third-order valence-corrected chi connectivity index (χ3v) is 2.01. The van der Waals surface area contributed by atoms with Gasteiger partial charge in [-0.2, -0.15) is 0 Å². The van der Waals surface area contributed by atoms with Crippen LogP contribution in [0.3, 0.4) is 0 Å². The topological polar surface area (TPSA) is 41.1 Å². The lowest BCUT2D eigenvalue weighted by atomic mass is 10.1. The number of halogens is 2. The standard InChI is InChI=1S/C9H8F2N2O/c10-9(11)5-1-2-6-7(3-5)13-8(14)4-12-6/h1-3,9,12H,4H2,(H,13,14). The van der Waals surface area contributed by atoms with Crippen LogP contribution < -0.4 is 10.6 Å². The van der Waals surface area contributed by atoms with E-state index in [0.29, 0.717) is 11.4 Å². The lowest BCUT2D eigenvalue weighted by Gasteiger charge is -2.19. The van der Waals surface area contributed by atoms with E-state index in [-0.39, 0.29) is 18.0 Å². The fourth-order valence-electron chi connectivity index (χ4n) is 1.33. The maximum absolute atomic E-state index is 12.3. The smallest absolute Gasteiger partial charge is 0.263 e. The van der Waals surface area contributed by atoms with E-state index >= 15 is 0 Å². The minimum atomic E-state index is -2.51. The Hall–Kier alpha value is -1.65. The molecule has 1 aliphatic heterocycles. The van der Waals surface area contributed by atoms with Crippen molar-refractivity contribution in [2.75, 3.05) is 17.2 Å². The van der Waals surface area contributed by atoms with Gasteiger partial charge in [0.1, 0.15) is 0 Å². The first-order chi connectivity index (χ1) is 6.66. The molecule has 1 aromatic rings. The first-order valence-electron chi connectivity index (χ1n) is 4.12. The molecule has 1 aromatic carbocycles. The highest BCUT2D eigenvalue weighted by molar-refractivity contribution is 6.00. The van der Waals surface area contributed by atoms with Crippen LogP contribution in [0.4, 0.5) is 20.2 Å². The fourth-order valence-corrected chi connectivity index (χ4v) is 1.33. The summed E-state index contributed by atoms with van der Waals surface area (Å²) in [6.45, 7) is 0.182. The molecule has 1 amide bonds. The third-order valence-electron chi connectivity index (χ3n) is 2.01. The van der Waals surface area contributed by atoms with Gasteiger partial charge >= 0.3 is 0 Å². The quantitative estimate of drug-likeness (QED) is 0.724. The van der Waals surface area contributed by atoms with Gasteiger partial charge in [-0.15, -0.1) is 0 Å². The number of rotatable bonds is 1. The Balaban J connectivity index is 2.37. The zero-order valence-corrected chi connectivity index (χ0v) is 7.18. The van der Waals surface area contributed by atoms with E-state index < -0.39 is 6.43 Å². The van der Waals surface area contributed by atoms with E-state index in [1.54, 1.807) is 0 Å². The Morgan fingerprint density at radius 2 is 2.07 bits per heavy atom. The molecular weight excluding hydrogens is 190 g/mol. The summed E-state index contributed by atoms with van der Waals surface area (Å²) in [4.78, 5) is 10.9. The van der Waals surface area contributed by atoms with Gasteiger partial charge < -0.3 is 10.6 Å². The number of carbonyl (C=O) groups is 1. The van der Waals surface area contributed by atoms with Crippen molar-refractivity contribution in [1.29, 1.82) is 0 Å². The Bertz CT molecular complexity index is 379. The molecule has 0 saturated carbocycles. The number of fused-ring (bicyclic) bond motifs is 1. The molecule has 0 aromatic heterocycles. The minimum Gasteiger partial charge on any atom is -0.374 e. The van der Waals surface area contributed by atoms with Crippen molar-refractivity contribution in [2.45, 2.75) is 6.43 Å². The van der Waals surface area contributed by atoms with Crippen molar-refractivity contribution in [3.63, 3.8) is 0 Å². The van der Waals surface area contributed by atoms with Crippen molar-refractivity contribution >= 4 is 17.3 Å². The molecule has 0 fully saturated rings. The van der Waals surface area contributed by atoms with Crippen LogP contribution >= 0.6 is 0 Å². The number of hydrogen-bond acceptors (Lipinski definition) is 2. The van der Waals surface area contributed by atoms with Gasteiger partial charge in [0.25, 0.3) is 6.43 Å². The zero-order valence-electron chi connectivity index (χ0n) is 7.18. The first-order valence-corrected chi connectivity index (χ1v) is 4.12. The van der Waals surface area contributed by atoms with Gasteiger partial charge in [0.15, 0.2) is 0 Å². The maximum Gasteiger partial charge on any atom is 0.263 e. The second-order valence-electron chi connectivity index (χ2n) is 3.01. The summed E-state index contributed by atoms with van der Waals surface area (Å²) in [5.74, 6) is -0.219. The SMILES string of the molecule is O=C1CNc2ccc(C(F)F)cc2N1. The highest BCUT2D eigenvalue weighted by atomic mass is 19.3. The van der Waals surface area contributed by atoms with Crippen molar-refractivity contribution < 1.29 is 13.6 Å². The van der Waals surface area contributed by atoms with Gasteiger partial charge in [-0.1, -0.05) is 6.07 Å². The predicted octanol–water partition coefficient (Wildman–Crippen LogP) is 1.99. The highest BCUT2D eigenvalue weighted by Crippen LogP contribution is 2.29. The van der Waals surface area contributed by atoms with Crippen LogP contribution in [0.5, 0.6) is 0 Å². The summed E-state index contributed by atoms with van der Waals surface area (Å²) in [6.07, 6.45) is -2.51. The molecule has 74 valence electrons. The average Bonchev–Trinajstić information content (AvgIpc) is 2.16. The molecule has 0 saturated heterocycles. The summed E-state index contributed by atoms with van der Waals surface area (Å²) in [7, 11) is 0. The van der Waals surface area contributed by atoms with Crippen LogP contribution in [0.2, 0.25) is 0 Å². The molecule has 3 nitrogen and oxygen atoms in total. The third kappa shape index (κ3) is 1.53. The molecular formula is C9H8F2N2O. The van der Waals surface area contributed by atoms with E-state index in [0.717, 1.165) is 0 Å². The predicted molar refractivity (Wildman–Crippen MR) is 48.5 cm³/mol. The van der Waals surface area contributed by atoms with E-state index in [9.17, 15) is 13.6 Å². The molecule has 14 heavy (non-hydrogen) atoms. The van der Waals surface area contributed by atoms with Crippen LogP contribution in [-0.2, 0) is 4.79 Å². The number of hydrogen-bond donors (Lipinski definition) is 2. The van der Waals surface area contributed by atoms with Crippen molar-refractivity contribution in [3.05, 3.63) is 23.8 Å². The molecule has 2 rings (SSSR count). The molecule has 0 unspecified atom stereocenters. The van der Waals surface area contributed by atoms with Crippen molar-refractivity contribution in [2.24, 2.45) is 0 Å². The maximum atomic E-state index is 12.3. The average molecular weight is 198 g/mol. The van der Waals surface area contributed by atoms with E-state index in [1.807, 2.05) is 0 Å². The number of alkyl halides is 2. The molecule has 1 aliphatic rings. The molecule has 2 N–H and O–H groups in total. The summed E-state index contributed by atoms with van der Waals surface area (Å²) in [6, 6.07) is 4.16. The van der Waals surface area contributed by atoms with Gasteiger partial charge in [-0.25, -0.2) is 8.78 Å². The Labute approximate surface area is 79.1 Å². The van der Waals surface area contributed by atoms with E-state index in [4.69, 9.17) is 0 Å². The number of nitrogens with one attached hydrogen (secondary N) is 2. The van der Waals surface area contributed by atoms with Crippen LogP contribution in [0.1, 0.15) is 12.0 Å². The molecule has 0 bridgehead atoms. The second-order valence-corrected chi connectivity index (χ2v) is 3.01. The van der Waals surface area contributed by atoms with Gasteiger partial charge in [0.05, 0.1) is 17.9 Å². The van der Waals surface area contributed by atoms with Crippen LogP contribution in [-0.4, -0.2) is 12.5 Å². The largest absolute Gasteiger partial charge is 0.374 e. The summed E-state index contributed by atoms with van der Waals surface area (Å²) in [5, 5.41) is 5.34. The Morgan fingerprint density at radius 3 is 2.79 bits per heavy atom. The molecule has 5 heteroatoms. The Morgan fingerprint density at radius 1 is 1.29 bits per heavy atom. The van der Waals surface area contributed by atoms with E-state index in [1.165, 1.54) is 18.2 Å². The monoisotopic (exact) mass is 198 g/mol. The lowest BCUT2D eigenvalue weighted by Crippen LogP contribution is -2.27. The van der Waals surface area contributed by atoms with Crippen molar-refractivity contribution in [3.8, 4) is 0 Å². The van der Waals surface area contributed by atoms with Crippen molar-refractivity contribution in [1.82, 2.24) is 0 Å². The summed E-state index contributed by atoms with van der Waals surface area (Å²) >= 11 is 0. The number of amides is 1. The minimum absolute atomic E-state index is 0.0900. The second kappa shape index (κ2) is 3.25. The van der Waals surface area contributed by atoms with Gasteiger partial charge in [-0.3, -0.25) is 4.79 Å². The fraction of sp³-hybridized carbons (Fsp3) is 0.222. The number of anilines is 2. The Kier molecular flexibility index (Phi) is 2.07. The molecule has 0 atom stereocenters. The molecule has 0 radical (unpaired) electrons. The van der Waals surface area contributed by atoms with Crippen LogP contribution in [0.15, 0.2) is 18.2 Å². The van der Waals surface area contributed by atoms with Gasteiger partial charge in [0.2, 0.25) is 5.91 Å². The first kappa shape index (κ1) is 8.93. The lowest BCUT2D eigenvalue weighted by molar-refractivity contribution is -0.114. The van der Waals surface area contributed by atoms with Gasteiger partial charge in [0, 0.05) is 5.56 Å². The summed E-state index contributed by atoms with van der Waals surface area (Å²) in [5.41, 5.74) is 1.00. The molecule has 1 heterocycles. The molecule has 0 aliphatic carbocycles. The van der Waals surface area contributed by atoms with E-state index in [2.05, 4.69) is 10.6 Å². The normalized spacial score (nSPS) is 14.6. The van der Waals surface area contributed by atoms with Crippen LogP contribution in [0, 0.1) is 0 Å². The summed E-state index contributed by atoms with van der Waals surface area (Å²) < 4.78 is 24.6. The highest BCUT2D eigenvalue weighted by Gasteiger charge is 2.16. The molecule has 0 spiro atoms. The zero-order chi connectivity index (χ0) is 10.1. The van der Waals surface area contributed by atoms with Gasteiger partial charge in [-0.05, 0) is 12.1 Å².